The number of ether oxygens (including phenoxy) is 2. The number of nitrogens with one attached hydrogen (secondary N) is 1. The first-order chi connectivity index (χ1) is 6.72. The van der Waals surface area contributed by atoms with Crippen LogP contribution < -0.4 is 5.32 Å². The minimum Gasteiger partial charge on any atom is -0.498 e. The number of hydrogen-bond acceptors (Lipinski definition) is 3. The average molecular weight is 201 g/mol. The first-order valence-electron chi connectivity index (χ1n) is 4.77. The summed E-state index contributed by atoms with van der Waals surface area (Å²) in [6.45, 7) is 5.42. The van der Waals surface area contributed by atoms with Gasteiger partial charge in [0.25, 0.3) is 0 Å². The molecule has 0 atom stereocenters. The fourth-order valence-corrected chi connectivity index (χ4v) is 0.747. The van der Waals surface area contributed by atoms with Crippen molar-refractivity contribution in [2.45, 2.75) is 20.3 Å². The van der Waals surface area contributed by atoms with Crippen LogP contribution in [0.4, 0.5) is 0 Å². The van der Waals surface area contributed by atoms with Gasteiger partial charge in [0, 0.05) is 19.2 Å². The number of amides is 1. The van der Waals surface area contributed by atoms with Crippen molar-refractivity contribution in [2.75, 3.05) is 26.9 Å². The summed E-state index contributed by atoms with van der Waals surface area (Å²) in [4.78, 5) is 11.3. The topological polar surface area (TPSA) is 47.6 Å². The summed E-state index contributed by atoms with van der Waals surface area (Å²) < 4.78 is 9.88. The molecule has 0 radical (unpaired) electrons. The van der Waals surface area contributed by atoms with Gasteiger partial charge in [0.05, 0.1) is 12.9 Å². The second-order valence-corrected chi connectivity index (χ2v) is 2.92. The van der Waals surface area contributed by atoms with E-state index in [2.05, 4.69) is 5.32 Å². The molecule has 4 heteroatoms. The summed E-state index contributed by atoms with van der Waals surface area (Å²) in [5.74, 6) is -0.0794. The van der Waals surface area contributed by atoms with Gasteiger partial charge in [-0.05, 0) is 13.3 Å². The minimum atomic E-state index is -0.0794. The van der Waals surface area contributed by atoms with E-state index in [0.29, 0.717) is 25.3 Å². The first-order valence-corrected chi connectivity index (χ1v) is 4.77. The molecule has 14 heavy (non-hydrogen) atoms. The zero-order valence-electron chi connectivity index (χ0n) is 9.13. The molecule has 0 spiro atoms. The summed E-state index contributed by atoms with van der Waals surface area (Å²) in [6, 6.07) is 0. The Labute approximate surface area is 85.3 Å². The maximum Gasteiger partial charge on any atom is 0.250 e. The van der Waals surface area contributed by atoms with Crippen molar-refractivity contribution in [2.24, 2.45) is 0 Å². The third-order valence-corrected chi connectivity index (χ3v) is 1.56. The van der Waals surface area contributed by atoms with Crippen molar-refractivity contribution in [1.29, 1.82) is 0 Å². The van der Waals surface area contributed by atoms with Crippen LogP contribution in [0.25, 0.3) is 0 Å². The molecule has 0 saturated carbocycles. The molecule has 0 bridgehead atoms. The molecule has 0 aliphatic rings. The van der Waals surface area contributed by atoms with E-state index in [9.17, 15) is 4.79 Å². The molecule has 0 aromatic heterocycles. The van der Waals surface area contributed by atoms with E-state index in [1.54, 1.807) is 14.0 Å². The standard InChI is InChI=1S/C10H19NO3/c1-4-5-11-10(12)9(2)8-14-7-6-13-3/h8H,4-7H2,1-3H3,(H,11,12). The first kappa shape index (κ1) is 13.0. The van der Waals surface area contributed by atoms with E-state index in [-0.39, 0.29) is 5.91 Å². The van der Waals surface area contributed by atoms with E-state index in [1.165, 1.54) is 6.26 Å². The molecular formula is C10H19NO3. The Balaban J connectivity index is 3.68. The molecule has 0 heterocycles. The summed E-state index contributed by atoms with van der Waals surface area (Å²) >= 11 is 0. The molecule has 0 fully saturated rings. The molecule has 0 aliphatic carbocycles. The number of methoxy groups -OCH3 is 1. The highest BCUT2D eigenvalue weighted by Gasteiger charge is 2.01. The van der Waals surface area contributed by atoms with Gasteiger partial charge in [-0.3, -0.25) is 4.79 Å². The van der Waals surface area contributed by atoms with Crippen molar-refractivity contribution < 1.29 is 14.3 Å². The maximum absolute atomic E-state index is 11.3. The average Bonchev–Trinajstić information content (AvgIpc) is 2.20. The van der Waals surface area contributed by atoms with Gasteiger partial charge in [-0.25, -0.2) is 0 Å². The zero-order chi connectivity index (χ0) is 10.8. The number of carbonyl (C=O) groups is 1. The normalized spacial score (nSPS) is 11.2. The monoisotopic (exact) mass is 201 g/mol. The summed E-state index contributed by atoms with van der Waals surface area (Å²) in [5, 5.41) is 2.75. The number of carbonyl (C=O) groups excluding carboxylic acids is 1. The Morgan fingerprint density at radius 3 is 2.71 bits per heavy atom. The van der Waals surface area contributed by atoms with Gasteiger partial charge in [0.2, 0.25) is 5.91 Å². The zero-order valence-corrected chi connectivity index (χ0v) is 9.13. The second kappa shape index (κ2) is 8.56. The molecular weight excluding hydrogens is 182 g/mol. The quantitative estimate of drug-likeness (QED) is 0.381. The SMILES string of the molecule is CCCNC(=O)C(C)=COCCOC. The van der Waals surface area contributed by atoms with Crippen LogP contribution in [-0.4, -0.2) is 32.8 Å². The van der Waals surface area contributed by atoms with Crippen LogP contribution in [0.15, 0.2) is 11.8 Å². The van der Waals surface area contributed by atoms with E-state index >= 15 is 0 Å². The van der Waals surface area contributed by atoms with Crippen LogP contribution in [0.1, 0.15) is 20.3 Å². The fourth-order valence-electron chi connectivity index (χ4n) is 0.747. The lowest BCUT2D eigenvalue weighted by Gasteiger charge is -2.04. The van der Waals surface area contributed by atoms with Crippen molar-refractivity contribution in [3.05, 3.63) is 11.8 Å². The van der Waals surface area contributed by atoms with E-state index in [4.69, 9.17) is 9.47 Å². The van der Waals surface area contributed by atoms with Crippen LogP contribution in [0, 0.1) is 0 Å². The van der Waals surface area contributed by atoms with Crippen LogP contribution in [0.2, 0.25) is 0 Å². The molecule has 0 saturated heterocycles. The van der Waals surface area contributed by atoms with Gasteiger partial charge < -0.3 is 14.8 Å². The van der Waals surface area contributed by atoms with E-state index in [1.807, 2.05) is 6.92 Å². The molecule has 0 unspecified atom stereocenters. The number of hydrogen-bond donors (Lipinski definition) is 1. The van der Waals surface area contributed by atoms with Crippen LogP contribution >= 0.6 is 0 Å². The summed E-state index contributed by atoms with van der Waals surface area (Å²) in [6.07, 6.45) is 2.40. The largest absolute Gasteiger partial charge is 0.498 e. The Hall–Kier alpha value is -1.03. The van der Waals surface area contributed by atoms with Crippen molar-refractivity contribution in [1.82, 2.24) is 5.32 Å². The van der Waals surface area contributed by atoms with Gasteiger partial charge in [0.15, 0.2) is 0 Å². The third-order valence-electron chi connectivity index (χ3n) is 1.56. The molecule has 82 valence electrons. The predicted octanol–water partition coefficient (Wildman–Crippen LogP) is 1.08. The summed E-state index contributed by atoms with van der Waals surface area (Å²) in [7, 11) is 1.61. The lowest BCUT2D eigenvalue weighted by Crippen LogP contribution is -2.24. The fraction of sp³-hybridized carbons (Fsp3) is 0.700. The van der Waals surface area contributed by atoms with Crippen LogP contribution in [0.3, 0.4) is 0 Å². The Bertz CT molecular complexity index is 190. The highest BCUT2D eigenvalue weighted by atomic mass is 16.5. The van der Waals surface area contributed by atoms with Gasteiger partial charge >= 0.3 is 0 Å². The lowest BCUT2D eigenvalue weighted by atomic mass is 10.3. The van der Waals surface area contributed by atoms with Crippen molar-refractivity contribution in [3.8, 4) is 0 Å². The lowest BCUT2D eigenvalue weighted by molar-refractivity contribution is -0.117. The van der Waals surface area contributed by atoms with Crippen molar-refractivity contribution >= 4 is 5.91 Å². The van der Waals surface area contributed by atoms with Gasteiger partial charge in [-0.2, -0.15) is 0 Å². The Kier molecular flexibility index (Phi) is 7.93. The molecule has 4 nitrogen and oxygen atoms in total. The molecule has 1 amide bonds. The van der Waals surface area contributed by atoms with Crippen LogP contribution in [-0.2, 0) is 14.3 Å². The van der Waals surface area contributed by atoms with E-state index < -0.39 is 0 Å². The maximum atomic E-state index is 11.3. The highest BCUT2D eigenvalue weighted by Crippen LogP contribution is 1.93. The third kappa shape index (κ3) is 6.48. The van der Waals surface area contributed by atoms with Gasteiger partial charge in [-0.1, -0.05) is 6.92 Å². The number of rotatable bonds is 7. The Morgan fingerprint density at radius 2 is 2.14 bits per heavy atom. The summed E-state index contributed by atoms with van der Waals surface area (Å²) in [5.41, 5.74) is 0.578. The van der Waals surface area contributed by atoms with Gasteiger partial charge in [-0.15, -0.1) is 0 Å². The second-order valence-electron chi connectivity index (χ2n) is 2.92. The van der Waals surface area contributed by atoms with Crippen molar-refractivity contribution in [3.63, 3.8) is 0 Å². The highest BCUT2D eigenvalue weighted by molar-refractivity contribution is 5.92. The molecule has 0 aromatic carbocycles. The Morgan fingerprint density at radius 1 is 1.43 bits per heavy atom. The van der Waals surface area contributed by atoms with Gasteiger partial charge in [0.1, 0.15) is 6.61 Å². The minimum absolute atomic E-state index is 0.0794. The van der Waals surface area contributed by atoms with E-state index in [0.717, 1.165) is 6.42 Å². The molecule has 0 aliphatic heterocycles. The molecule has 0 rings (SSSR count). The smallest absolute Gasteiger partial charge is 0.250 e. The predicted molar refractivity (Wildman–Crippen MR) is 54.9 cm³/mol. The molecule has 0 aromatic rings. The van der Waals surface area contributed by atoms with Crippen LogP contribution in [0.5, 0.6) is 0 Å². The molecule has 1 N–H and O–H groups in total.